The average molecular weight is 278 g/mol. The maximum atomic E-state index is 12.0. The van der Waals surface area contributed by atoms with Gasteiger partial charge in [-0.1, -0.05) is 12.1 Å². The predicted molar refractivity (Wildman–Crippen MR) is 72.3 cm³/mol. The Balaban J connectivity index is 1.58. The number of ether oxygens (including phenoxy) is 3. The number of carbonyl (C=O) groups excluding carboxylic acids is 1. The molecular weight excluding hydrogens is 260 g/mol. The zero-order valence-corrected chi connectivity index (χ0v) is 11.1. The fourth-order valence-corrected chi connectivity index (χ4v) is 2.24. The Bertz CT molecular complexity index is 451. The van der Waals surface area contributed by atoms with Crippen LogP contribution in [0.1, 0.15) is 11.9 Å². The van der Waals surface area contributed by atoms with Crippen molar-refractivity contribution in [2.75, 3.05) is 38.3 Å². The SMILES string of the molecule is O=C(Nc1ccc(C2OCCO2)cc1)C1COCCN1. The van der Waals surface area contributed by atoms with Crippen molar-refractivity contribution in [3.8, 4) is 0 Å². The molecule has 0 bridgehead atoms. The third-order valence-corrected chi connectivity index (χ3v) is 3.31. The lowest BCUT2D eigenvalue weighted by molar-refractivity contribution is -0.120. The van der Waals surface area contributed by atoms with Crippen molar-refractivity contribution < 1.29 is 19.0 Å². The smallest absolute Gasteiger partial charge is 0.243 e. The average Bonchev–Trinajstić information content (AvgIpc) is 3.03. The molecule has 2 heterocycles. The van der Waals surface area contributed by atoms with E-state index in [1.165, 1.54) is 0 Å². The first-order valence-corrected chi connectivity index (χ1v) is 6.78. The van der Waals surface area contributed by atoms with E-state index >= 15 is 0 Å². The van der Waals surface area contributed by atoms with E-state index in [0.29, 0.717) is 33.0 Å². The van der Waals surface area contributed by atoms with Gasteiger partial charge in [0.15, 0.2) is 6.29 Å². The molecule has 2 fully saturated rings. The Labute approximate surface area is 117 Å². The Morgan fingerprint density at radius 1 is 1.15 bits per heavy atom. The molecule has 0 aliphatic carbocycles. The van der Waals surface area contributed by atoms with Gasteiger partial charge in [0.2, 0.25) is 5.91 Å². The van der Waals surface area contributed by atoms with Crippen LogP contribution in [0.15, 0.2) is 24.3 Å². The van der Waals surface area contributed by atoms with Gasteiger partial charge in [0.1, 0.15) is 6.04 Å². The minimum absolute atomic E-state index is 0.0779. The molecule has 1 aromatic carbocycles. The van der Waals surface area contributed by atoms with Gasteiger partial charge in [-0.3, -0.25) is 4.79 Å². The second kappa shape index (κ2) is 6.32. The number of benzene rings is 1. The maximum absolute atomic E-state index is 12.0. The molecule has 1 unspecified atom stereocenters. The summed E-state index contributed by atoms with van der Waals surface area (Å²) in [6.07, 6.45) is -0.284. The van der Waals surface area contributed by atoms with Crippen molar-refractivity contribution in [2.24, 2.45) is 0 Å². The molecule has 6 heteroatoms. The van der Waals surface area contributed by atoms with Crippen LogP contribution in [0.5, 0.6) is 0 Å². The molecule has 0 aromatic heterocycles. The number of nitrogens with one attached hydrogen (secondary N) is 2. The molecule has 20 heavy (non-hydrogen) atoms. The summed E-state index contributed by atoms with van der Waals surface area (Å²) in [5, 5.41) is 5.98. The summed E-state index contributed by atoms with van der Waals surface area (Å²) in [5.74, 6) is -0.0779. The van der Waals surface area contributed by atoms with Crippen molar-refractivity contribution in [1.29, 1.82) is 0 Å². The fraction of sp³-hybridized carbons (Fsp3) is 0.500. The third kappa shape index (κ3) is 3.16. The van der Waals surface area contributed by atoms with Crippen LogP contribution in [0.3, 0.4) is 0 Å². The summed E-state index contributed by atoms with van der Waals surface area (Å²) in [6.45, 7) is 3.01. The Hall–Kier alpha value is -1.47. The van der Waals surface area contributed by atoms with E-state index in [1.807, 2.05) is 24.3 Å². The van der Waals surface area contributed by atoms with Gasteiger partial charge < -0.3 is 24.8 Å². The number of morpholine rings is 1. The zero-order valence-electron chi connectivity index (χ0n) is 11.1. The molecule has 3 rings (SSSR count). The van der Waals surface area contributed by atoms with Crippen LogP contribution in [0.4, 0.5) is 5.69 Å². The largest absolute Gasteiger partial charge is 0.378 e. The molecule has 1 aromatic rings. The minimum atomic E-state index is -0.287. The molecule has 2 saturated heterocycles. The highest BCUT2D eigenvalue weighted by molar-refractivity contribution is 5.95. The van der Waals surface area contributed by atoms with Gasteiger partial charge in [-0.05, 0) is 12.1 Å². The molecule has 0 radical (unpaired) electrons. The zero-order chi connectivity index (χ0) is 13.8. The van der Waals surface area contributed by atoms with E-state index < -0.39 is 0 Å². The highest BCUT2D eigenvalue weighted by Crippen LogP contribution is 2.24. The van der Waals surface area contributed by atoms with E-state index in [0.717, 1.165) is 11.3 Å². The van der Waals surface area contributed by atoms with E-state index in [9.17, 15) is 4.79 Å². The molecule has 0 saturated carbocycles. The molecule has 2 N–H and O–H groups in total. The first-order valence-electron chi connectivity index (χ1n) is 6.78. The Morgan fingerprint density at radius 2 is 1.90 bits per heavy atom. The third-order valence-electron chi connectivity index (χ3n) is 3.31. The standard InChI is InChI=1S/C14H18N2O4/c17-13(12-9-18-6-5-15-12)16-11-3-1-10(2-4-11)14-19-7-8-20-14/h1-4,12,14-15H,5-9H2,(H,16,17). The maximum Gasteiger partial charge on any atom is 0.243 e. The lowest BCUT2D eigenvalue weighted by Crippen LogP contribution is -2.48. The fourth-order valence-electron chi connectivity index (χ4n) is 2.24. The van der Waals surface area contributed by atoms with Gasteiger partial charge in [-0.2, -0.15) is 0 Å². The number of rotatable bonds is 3. The molecule has 0 spiro atoms. The topological polar surface area (TPSA) is 68.8 Å². The number of hydrogen-bond acceptors (Lipinski definition) is 5. The van der Waals surface area contributed by atoms with Crippen LogP contribution in [0.25, 0.3) is 0 Å². The minimum Gasteiger partial charge on any atom is -0.378 e. The summed E-state index contributed by atoms with van der Waals surface area (Å²) in [6, 6.07) is 7.21. The lowest BCUT2D eigenvalue weighted by Gasteiger charge is -2.23. The van der Waals surface area contributed by atoms with E-state index in [4.69, 9.17) is 14.2 Å². The highest BCUT2D eigenvalue weighted by atomic mass is 16.7. The van der Waals surface area contributed by atoms with Gasteiger partial charge in [0.05, 0.1) is 26.4 Å². The summed E-state index contributed by atoms with van der Waals surface area (Å²) in [4.78, 5) is 12.0. The predicted octanol–water partition coefficient (Wildman–Crippen LogP) is 0.659. The normalized spacial score (nSPS) is 23.7. The molecule has 2 aliphatic rings. The second-order valence-electron chi connectivity index (χ2n) is 4.77. The monoisotopic (exact) mass is 278 g/mol. The molecule has 6 nitrogen and oxygen atoms in total. The Morgan fingerprint density at radius 3 is 2.55 bits per heavy atom. The van der Waals surface area contributed by atoms with Crippen LogP contribution in [0, 0.1) is 0 Å². The molecule has 108 valence electrons. The van der Waals surface area contributed by atoms with E-state index in [2.05, 4.69) is 10.6 Å². The van der Waals surface area contributed by atoms with Crippen LogP contribution >= 0.6 is 0 Å². The van der Waals surface area contributed by atoms with Crippen molar-refractivity contribution in [3.63, 3.8) is 0 Å². The highest BCUT2D eigenvalue weighted by Gasteiger charge is 2.21. The number of anilines is 1. The van der Waals surface area contributed by atoms with Gasteiger partial charge in [-0.25, -0.2) is 0 Å². The summed E-state index contributed by atoms with van der Waals surface area (Å²) in [7, 11) is 0. The van der Waals surface area contributed by atoms with Crippen LogP contribution in [-0.2, 0) is 19.0 Å². The van der Waals surface area contributed by atoms with Gasteiger partial charge in [0.25, 0.3) is 0 Å². The number of amides is 1. The number of hydrogen-bond donors (Lipinski definition) is 2. The van der Waals surface area contributed by atoms with Gasteiger partial charge >= 0.3 is 0 Å². The Kier molecular flexibility index (Phi) is 4.27. The summed E-state index contributed by atoms with van der Waals surface area (Å²) in [5.41, 5.74) is 1.71. The second-order valence-corrected chi connectivity index (χ2v) is 4.77. The molecule has 1 atom stereocenters. The van der Waals surface area contributed by atoms with Crippen molar-refractivity contribution >= 4 is 11.6 Å². The summed E-state index contributed by atoms with van der Waals surface area (Å²) >= 11 is 0. The van der Waals surface area contributed by atoms with Crippen molar-refractivity contribution in [1.82, 2.24) is 5.32 Å². The first kappa shape index (κ1) is 13.5. The first-order chi connectivity index (χ1) is 9.83. The van der Waals surface area contributed by atoms with Gasteiger partial charge in [-0.15, -0.1) is 0 Å². The molecule has 2 aliphatic heterocycles. The van der Waals surface area contributed by atoms with Gasteiger partial charge in [0, 0.05) is 17.8 Å². The quantitative estimate of drug-likeness (QED) is 0.850. The van der Waals surface area contributed by atoms with E-state index in [1.54, 1.807) is 0 Å². The van der Waals surface area contributed by atoms with Crippen LogP contribution in [0.2, 0.25) is 0 Å². The van der Waals surface area contributed by atoms with E-state index in [-0.39, 0.29) is 18.2 Å². The summed E-state index contributed by atoms with van der Waals surface area (Å²) < 4.78 is 16.1. The van der Waals surface area contributed by atoms with Crippen LogP contribution < -0.4 is 10.6 Å². The molecular formula is C14H18N2O4. The molecule has 1 amide bonds. The van der Waals surface area contributed by atoms with Crippen molar-refractivity contribution in [3.05, 3.63) is 29.8 Å². The lowest BCUT2D eigenvalue weighted by atomic mass is 10.2. The van der Waals surface area contributed by atoms with Crippen LogP contribution in [-0.4, -0.2) is 44.9 Å². The van der Waals surface area contributed by atoms with Crippen molar-refractivity contribution in [2.45, 2.75) is 12.3 Å². The number of carbonyl (C=O) groups is 1.